The van der Waals surface area contributed by atoms with Crippen LogP contribution in [-0.2, 0) is 4.74 Å². The zero-order chi connectivity index (χ0) is 13.2. The maximum atomic E-state index is 5.81. The van der Waals surface area contributed by atoms with Crippen molar-refractivity contribution >= 4 is 22.8 Å². The van der Waals surface area contributed by atoms with E-state index in [4.69, 9.17) is 14.9 Å². The van der Waals surface area contributed by atoms with Crippen molar-refractivity contribution in [2.75, 3.05) is 37.4 Å². The molecule has 2 N–H and O–H groups in total. The first-order chi connectivity index (χ1) is 9.26. The average molecular weight is 261 g/mol. The SMILES string of the molecule is COCC1CCCN(c2nc3ccc(N)cc3o2)C1. The van der Waals surface area contributed by atoms with Crippen molar-refractivity contribution in [3.05, 3.63) is 18.2 Å². The summed E-state index contributed by atoms with van der Waals surface area (Å²) in [5, 5.41) is 0. The molecule has 102 valence electrons. The second-order valence-corrected chi connectivity index (χ2v) is 5.13. The van der Waals surface area contributed by atoms with Crippen LogP contribution in [0.15, 0.2) is 22.6 Å². The standard InChI is InChI=1S/C14H19N3O2/c1-18-9-10-3-2-6-17(8-10)14-16-12-5-4-11(15)7-13(12)19-14/h4-5,7,10H,2-3,6,8-9,15H2,1H3. The average Bonchev–Trinajstić information content (AvgIpc) is 2.82. The van der Waals surface area contributed by atoms with Gasteiger partial charge in [0.05, 0.1) is 6.61 Å². The number of nitrogen functional groups attached to an aromatic ring is 1. The van der Waals surface area contributed by atoms with E-state index < -0.39 is 0 Å². The summed E-state index contributed by atoms with van der Waals surface area (Å²) in [7, 11) is 1.75. The van der Waals surface area contributed by atoms with E-state index in [9.17, 15) is 0 Å². The van der Waals surface area contributed by atoms with Crippen molar-refractivity contribution < 1.29 is 9.15 Å². The van der Waals surface area contributed by atoms with Crippen LogP contribution in [0, 0.1) is 5.92 Å². The minimum absolute atomic E-state index is 0.554. The lowest BCUT2D eigenvalue weighted by molar-refractivity contribution is 0.142. The monoisotopic (exact) mass is 261 g/mol. The van der Waals surface area contributed by atoms with Gasteiger partial charge in [0, 0.05) is 32.0 Å². The molecule has 1 aromatic carbocycles. The number of hydrogen-bond acceptors (Lipinski definition) is 5. The van der Waals surface area contributed by atoms with E-state index in [0.29, 0.717) is 17.6 Å². The van der Waals surface area contributed by atoms with Crippen molar-refractivity contribution in [3.8, 4) is 0 Å². The fraction of sp³-hybridized carbons (Fsp3) is 0.500. The van der Waals surface area contributed by atoms with Crippen LogP contribution >= 0.6 is 0 Å². The third-order valence-electron chi connectivity index (χ3n) is 3.59. The highest BCUT2D eigenvalue weighted by atomic mass is 16.5. The second-order valence-electron chi connectivity index (χ2n) is 5.13. The highest BCUT2D eigenvalue weighted by Gasteiger charge is 2.23. The van der Waals surface area contributed by atoms with Gasteiger partial charge in [-0.25, -0.2) is 0 Å². The number of nitrogens with zero attached hydrogens (tertiary/aromatic N) is 2. The lowest BCUT2D eigenvalue weighted by Gasteiger charge is -2.31. The molecule has 5 heteroatoms. The molecule has 0 spiro atoms. The van der Waals surface area contributed by atoms with Gasteiger partial charge in [0.15, 0.2) is 5.58 Å². The lowest BCUT2D eigenvalue weighted by Crippen LogP contribution is -2.37. The van der Waals surface area contributed by atoms with E-state index >= 15 is 0 Å². The quantitative estimate of drug-likeness (QED) is 0.859. The first kappa shape index (κ1) is 12.3. The molecule has 0 saturated carbocycles. The van der Waals surface area contributed by atoms with Gasteiger partial charge in [-0.2, -0.15) is 4.98 Å². The van der Waals surface area contributed by atoms with Crippen LogP contribution in [0.25, 0.3) is 11.1 Å². The molecule has 0 radical (unpaired) electrons. The molecule has 1 aliphatic rings. The first-order valence-electron chi connectivity index (χ1n) is 6.66. The van der Waals surface area contributed by atoms with Gasteiger partial charge in [-0.05, 0) is 30.9 Å². The summed E-state index contributed by atoms with van der Waals surface area (Å²) in [6.07, 6.45) is 2.35. The van der Waals surface area contributed by atoms with Crippen molar-refractivity contribution in [2.45, 2.75) is 12.8 Å². The van der Waals surface area contributed by atoms with E-state index in [1.165, 1.54) is 6.42 Å². The number of oxazole rings is 1. The Morgan fingerprint density at radius 1 is 1.53 bits per heavy atom. The third-order valence-corrected chi connectivity index (χ3v) is 3.59. The van der Waals surface area contributed by atoms with Crippen LogP contribution < -0.4 is 10.6 Å². The molecule has 5 nitrogen and oxygen atoms in total. The maximum Gasteiger partial charge on any atom is 0.298 e. The molecule has 2 aromatic rings. The van der Waals surface area contributed by atoms with Gasteiger partial charge in [-0.1, -0.05) is 0 Å². The highest BCUT2D eigenvalue weighted by Crippen LogP contribution is 2.27. The molecule has 1 aliphatic heterocycles. The normalized spacial score (nSPS) is 20.1. The summed E-state index contributed by atoms with van der Waals surface area (Å²) < 4.78 is 11.1. The van der Waals surface area contributed by atoms with Gasteiger partial charge < -0.3 is 19.8 Å². The summed E-state index contributed by atoms with van der Waals surface area (Å²) >= 11 is 0. The second kappa shape index (κ2) is 5.09. The van der Waals surface area contributed by atoms with Gasteiger partial charge >= 0.3 is 0 Å². The van der Waals surface area contributed by atoms with E-state index in [-0.39, 0.29) is 0 Å². The van der Waals surface area contributed by atoms with Crippen molar-refractivity contribution in [3.63, 3.8) is 0 Å². The molecule has 2 heterocycles. The predicted molar refractivity (Wildman–Crippen MR) is 75.2 cm³/mol. The number of hydrogen-bond donors (Lipinski definition) is 1. The Kier molecular flexibility index (Phi) is 3.29. The Hall–Kier alpha value is -1.75. The Bertz CT molecular complexity index is 565. The summed E-state index contributed by atoms with van der Waals surface area (Å²) in [5.74, 6) is 0.554. The number of aromatic nitrogens is 1. The number of ether oxygens (including phenoxy) is 1. The number of piperidine rings is 1. The third kappa shape index (κ3) is 2.51. The zero-order valence-electron chi connectivity index (χ0n) is 11.1. The Labute approximate surface area is 112 Å². The van der Waals surface area contributed by atoms with E-state index in [2.05, 4.69) is 9.88 Å². The van der Waals surface area contributed by atoms with Gasteiger partial charge in [0.2, 0.25) is 0 Å². The minimum atomic E-state index is 0.554. The zero-order valence-corrected chi connectivity index (χ0v) is 11.1. The van der Waals surface area contributed by atoms with E-state index in [1.807, 2.05) is 18.2 Å². The highest BCUT2D eigenvalue weighted by molar-refractivity contribution is 5.78. The molecule has 1 unspecified atom stereocenters. The molecule has 1 aromatic heterocycles. The number of anilines is 2. The molecule has 0 amide bonds. The topological polar surface area (TPSA) is 64.5 Å². The molecule has 0 bridgehead atoms. The molecule has 19 heavy (non-hydrogen) atoms. The van der Waals surface area contributed by atoms with Gasteiger partial charge in [0.1, 0.15) is 5.52 Å². The van der Waals surface area contributed by atoms with Crippen LogP contribution in [0.5, 0.6) is 0 Å². The van der Waals surface area contributed by atoms with Crippen LogP contribution in [0.4, 0.5) is 11.7 Å². The Balaban J connectivity index is 1.83. The summed E-state index contributed by atoms with van der Waals surface area (Å²) in [4.78, 5) is 6.73. The molecule has 1 atom stereocenters. The summed E-state index contributed by atoms with van der Waals surface area (Å²) in [6, 6.07) is 6.26. The molecule has 3 rings (SSSR count). The Morgan fingerprint density at radius 3 is 3.26 bits per heavy atom. The van der Waals surface area contributed by atoms with Gasteiger partial charge in [-0.3, -0.25) is 0 Å². The van der Waals surface area contributed by atoms with Gasteiger partial charge in [0.25, 0.3) is 6.01 Å². The van der Waals surface area contributed by atoms with Gasteiger partial charge in [-0.15, -0.1) is 0 Å². The van der Waals surface area contributed by atoms with Crippen molar-refractivity contribution in [1.82, 2.24) is 4.98 Å². The molecule has 1 fully saturated rings. The smallest absolute Gasteiger partial charge is 0.298 e. The Morgan fingerprint density at radius 2 is 2.42 bits per heavy atom. The first-order valence-corrected chi connectivity index (χ1v) is 6.66. The molecule has 1 saturated heterocycles. The minimum Gasteiger partial charge on any atom is -0.423 e. The molecule has 0 aliphatic carbocycles. The molecular formula is C14H19N3O2. The number of fused-ring (bicyclic) bond motifs is 1. The fourth-order valence-corrected chi connectivity index (χ4v) is 2.67. The summed E-state index contributed by atoms with van der Waals surface area (Å²) in [6.45, 7) is 2.72. The van der Waals surface area contributed by atoms with Crippen LogP contribution in [0.1, 0.15) is 12.8 Å². The molecular weight excluding hydrogens is 242 g/mol. The largest absolute Gasteiger partial charge is 0.423 e. The van der Waals surface area contributed by atoms with E-state index in [1.54, 1.807) is 7.11 Å². The predicted octanol–water partition coefficient (Wildman–Crippen LogP) is 2.27. The van der Waals surface area contributed by atoms with Crippen LogP contribution in [-0.4, -0.2) is 31.8 Å². The lowest BCUT2D eigenvalue weighted by atomic mass is 9.99. The summed E-state index contributed by atoms with van der Waals surface area (Å²) in [5.41, 5.74) is 8.07. The number of rotatable bonds is 3. The maximum absolute atomic E-state index is 5.81. The number of benzene rings is 1. The van der Waals surface area contributed by atoms with E-state index in [0.717, 1.165) is 37.2 Å². The van der Waals surface area contributed by atoms with Crippen LogP contribution in [0.3, 0.4) is 0 Å². The number of methoxy groups -OCH3 is 1. The van der Waals surface area contributed by atoms with Crippen LogP contribution in [0.2, 0.25) is 0 Å². The van der Waals surface area contributed by atoms with Crippen molar-refractivity contribution in [1.29, 1.82) is 0 Å². The van der Waals surface area contributed by atoms with Crippen molar-refractivity contribution in [2.24, 2.45) is 5.92 Å². The fourth-order valence-electron chi connectivity index (χ4n) is 2.67. The number of nitrogens with two attached hydrogens (primary N) is 1.